The predicted molar refractivity (Wildman–Crippen MR) is 56.7 cm³/mol. The van der Waals surface area contributed by atoms with Crippen molar-refractivity contribution in [2.75, 3.05) is 19.6 Å². The van der Waals surface area contributed by atoms with Crippen molar-refractivity contribution in [1.29, 1.82) is 0 Å². The third kappa shape index (κ3) is 1.52. The van der Waals surface area contributed by atoms with Gasteiger partial charge in [-0.1, -0.05) is 12.1 Å². The molecule has 2 heterocycles. The molecule has 1 aromatic carbocycles. The standard InChI is InChI=1S/C11H12N2O2/c1-2-4-9-8(3-1)14-7-10(15-9)11-12-5-6-13-11/h1-4,10H,5-7H2,(H,12,13)/i5D2. The highest BCUT2D eigenvalue weighted by Gasteiger charge is 2.26. The van der Waals surface area contributed by atoms with E-state index in [1.165, 1.54) is 0 Å². The summed E-state index contributed by atoms with van der Waals surface area (Å²) >= 11 is 0. The molecule has 3 rings (SSSR count). The molecule has 1 aromatic rings. The summed E-state index contributed by atoms with van der Waals surface area (Å²) < 4.78 is 26.3. The van der Waals surface area contributed by atoms with Gasteiger partial charge in [-0.2, -0.15) is 0 Å². The smallest absolute Gasteiger partial charge is 0.189 e. The molecule has 4 heteroatoms. The molecular formula is C11H12N2O2. The normalized spacial score (nSPS) is 28.5. The largest absolute Gasteiger partial charge is 0.485 e. The number of fused-ring (bicyclic) bond motifs is 1. The molecule has 78 valence electrons. The predicted octanol–water partition coefficient (Wildman–Crippen LogP) is 0.828. The molecule has 0 spiro atoms. The van der Waals surface area contributed by atoms with Crippen LogP contribution in [0.4, 0.5) is 0 Å². The van der Waals surface area contributed by atoms with Crippen molar-refractivity contribution in [2.45, 2.75) is 6.10 Å². The van der Waals surface area contributed by atoms with Gasteiger partial charge in [-0.25, -0.2) is 0 Å². The number of aliphatic imine (C=N–C) groups is 1. The van der Waals surface area contributed by atoms with Gasteiger partial charge >= 0.3 is 0 Å². The molecule has 1 atom stereocenters. The second-order valence-corrected chi connectivity index (χ2v) is 3.37. The number of rotatable bonds is 1. The summed E-state index contributed by atoms with van der Waals surface area (Å²) in [6.45, 7) is -1.02. The van der Waals surface area contributed by atoms with E-state index in [2.05, 4.69) is 10.3 Å². The van der Waals surface area contributed by atoms with Gasteiger partial charge in [0.15, 0.2) is 17.6 Å². The number of nitrogens with one attached hydrogen (secondary N) is 1. The minimum absolute atomic E-state index is 0.184. The van der Waals surface area contributed by atoms with Crippen LogP contribution in [0.25, 0.3) is 0 Å². The Labute approximate surface area is 90.7 Å². The first kappa shape index (κ1) is 6.71. The SMILES string of the molecule is [2H]C1([2H])CNC(C2COc3ccccc3O2)=N1. The van der Waals surface area contributed by atoms with Gasteiger partial charge in [0, 0.05) is 6.54 Å². The minimum Gasteiger partial charge on any atom is -0.485 e. The second-order valence-electron chi connectivity index (χ2n) is 3.37. The van der Waals surface area contributed by atoms with Crippen molar-refractivity contribution in [1.82, 2.24) is 5.32 Å². The minimum atomic E-state index is -1.55. The van der Waals surface area contributed by atoms with Crippen LogP contribution in [0, 0.1) is 0 Å². The van der Waals surface area contributed by atoms with Crippen LogP contribution in [0.5, 0.6) is 11.5 Å². The van der Waals surface area contributed by atoms with Crippen molar-refractivity contribution in [3.63, 3.8) is 0 Å². The Morgan fingerprint density at radius 3 is 3.07 bits per heavy atom. The molecule has 15 heavy (non-hydrogen) atoms. The van der Waals surface area contributed by atoms with E-state index in [1.54, 1.807) is 0 Å². The zero-order valence-corrected chi connectivity index (χ0v) is 8.06. The van der Waals surface area contributed by atoms with Crippen LogP contribution in [-0.2, 0) is 0 Å². The zero-order valence-electron chi connectivity index (χ0n) is 10.1. The molecule has 0 amide bonds. The van der Waals surface area contributed by atoms with Gasteiger partial charge in [0.1, 0.15) is 12.4 Å². The first-order valence-corrected chi connectivity index (χ1v) is 4.86. The third-order valence-electron chi connectivity index (χ3n) is 2.36. The molecule has 0 saturated carbocycles. The maximum atomic E-state index is 7.50. The molecule has 4 nitrogen and oxygen atoms in total. The van der Waals surface area contributed by atoms with E-state index >= 15 is 0 Å². The van der Waals surface area contributed by atoms with Gasteiger partial charge in [-0.3, -0.25) is 4.99 Å². The molecule has 0 bridgehead atoms. The van der Waals surface area contributed by atoms with Crippen molar-refractivity contribution in [3.05, 3.63) is 24.3 Å². The highest BCUT2D eigenvalue weighted by Crippen LogP contribution is 2.31. The average molecular weight is 206 g/mol. The van der Waals surface area contributed by atoms with Gasteiger partial charge in [0.2, 0.25) is 0 Å². The molecule has 0 radical (unpaired) electrons. The second kappa shape index (κ2) is 3.46. The van der Waals surface area contributed by atoms with Crippen molar-refractivity contribution < 1.29 is 12.2 Å². The molecule has 2 aliphatic heterocycles. The van der Waals surface area contributed by atoms with Crippen LogP contribution >= 0.6 is 0 Å². The highest BCUT2D eigenvalue weighted by atomic mass is 16.6. The average Bonchev–Trinajstić information content (AvgIpc) is 2.69. The Balaban J connectivity index is 1.81. The fourth-order valence-electron chi connectivity index (χ4n) is 1.63. The van der Waals surface area contributed by atoms with Crippen LogP contribution in [0.3, 0.4) is 0 Å². The topological polar surface area (TPSA) is 42.8 Å². The van der Waals surface area contributed by atoms with Crippen molar-refractivity contribution in [2.24, 2.45) is 4.99 Å². The Hall–Kier alpha value is -1.71. The Morgan fingerprint density at radius 2 is 2.27 bits per heavy atom. The van der Waals surface area contributed by atoms with Gasteiger partial charge in [0.05, 0.1) is 9.24 Å². The molecule has 1 unspecified atom stereocenters. The number of hydrogen-bond acceptors (Lipinski definition) is 4. The van der Waals surface area contributed by atoms with Crippen LogP contribution in [-0.4, -0.2) is 31.6 Å². The summed E-state index contributed by atoms with van der Waals surface area (Å²) in [5.74, 6) is 1.90. The third-order valence-corrected chi connectivity index (χ3v) is 2.36. The van der Waals surface area contributed by atoms with E-state index < -0.39 is 6.50 Å². The first-order valence-electron chi connectivity index (χ1n) is 5.86. The van der Waals surface area contributed by atoms with E-state index in [1.807, 2.05) is 24.3 Å². The molecular weight excluding hydrogens is 192 g/mol. The van der Waals surface area contributed by atoms with Crippen LogP contribution in [0.1, 0.15) is 2.74 Å². The lowest BCUT2D eigenvalue weighted by molar-refractivity contribution is 0.133. The summed E-state index contributed by atoms with van der Waals surface area (Å²) in [7, 11) is 0. The number of ether oxygens (including phenoxy) is 2. The number of benzene rings is 1. The number of amidine groups is 1. The maximum Gasteiger partial charge on any atom is 0.189 e. The van der Waals surface area contributed by atoms with Crippen LogP contribution < -0.4 is 14.8 Å². The molecule has 0 aliphatic carbocycles. The molecule has 0 aromatic heterocycles. The van der Waals surface area contributed by atoms with Gasteiger partial charge in [0.25, 0.3) is 0 Å². The number of hydrogen-bond donors (Lipinski definition) is 1. The van der Waals surface area contributed by atoms with Crippen molar-refractivity contribution >= 4 is 5.84 Å². The van der Waals surface area contributed by atoms with E-state index in [0.717, 1.165) is 0 Å². The van der Waals surface area contributed by atoms with Crippen LogP contribution in [0.15, 0.2) is 29.3 Å². The first-order chi connectivity index (χ1) is 8.14. The Kier molecular flexibility index (Phi) is 1.55. The summed E-state index contributed by atoms with van der Waals surface area (Å²) in [4.78, 5) is 3.95. The van der Waals surface area contributed by atoms with Gasteiger partial charge in [-0.15, -0.1) is 0 Å². The summed E-state index contributed by atoms with van der Waals surface area (Å²) in [5, 5.41) is 2.92. The molecule has 1 N–H and O–H groups in total. The molecule has 0 fully saturated rings. The summed E-state index contributed by atoms with van der Waals surface area (Å²) in [6, 6.07) is 7.42. The van der Waals surface area contributed by atoms with E-state index in [9.17, 15) is 0 Å². The monoisotopic (exact) mass is 206 g/mol. The lowest BCUT2D eigenvalue weighted by Gasteiger charge is -2.26. The van der Waals surface area contributed by atoms with Gasteiger partial charge in [-0.05, 0) is 12.1 Å². The summed E-state index contributed by atoms with van der Waals surface area (Å²) in [6.07, 6.45) is -0.359. The maximum absolute atomic E-state index is 7.50. The van der Waals surface area contributed by atoms with E-state index in [-0.39, 0.29) is 12.6 Å². The number of nitrogens with zero attached hydrogens (tertiary/aromatic N) is 1. The lowest BCUT2D eigenvalue weighted by atomic mass is 10.2. The van der Waals surface area contributed by atoms with Crippen LogP contribution in [0.2, 0.25) is 0 Å². The quantitative estimate of drug-likeness (QED) is 0.740. The highest BCUT2D eigenvalue weighted by molar-refractivity contribution is 5.88. The Morgan fingerprint density at radius 1 is 1.40 bits per heavy atom. The zero-order chi connectivity index (χ0) is 11.9. The fourth-order valence-corrected chi connectivity index (χ4v) is 1.63. The fraction of sp³-hybridized carbons (Fsp3) is 0.364. The lowest BCUT2D eigenvalue weighted by Crippen LogP contribution is -2.42. The van der Waals surface area contributed by atoms with E-state index in [0.29, 0.717) is 23.9 Å². The molecule has 2 aliphatic rings. The Bertz CT molecular complexity index is 476. The van der Waals surface area contributed by atoms with Gasteiger partial charge < -0.3 is 14.8 Å². The van der Waals surface area contributed by atoms with Crippen molar-refractivity contribution in [3.8, 4) is 11.5 Å². The summed E-state index contributed by atoms with van der Waals surface area (Å²) in [5.41, 5.74) is 0. The number of para-hydroxylation sites is 2. The van der Waals surface area contributed by atoms with E-state index in [4.69, 9.17) is 12.2 Å². The molecule has 0 saturated heterocycles.